The number of aryl methyl sites for hydroxylation is 1. The predicted molar refractivity (Wildman–Crippen MR) is 78.4 cm³/mol. The van der Waals surface area contributed by atoms with Crippen molar-refractivity contribution in [3.8, 4) is 0 Å². The molecule has 1 aliphatic heterocycles. The van der Waals surface area contributed by atoms with Crippen LogP contribution in [0.1, 0.15) is 44.4 Å². The first-order valence-corrected chi connectivity index (χ1v) is 7.33. The fourth-order valence-corrected chi connectivity index (χ4v) is 2.83. The number of nitrogens with zero attached hydrogens (tertiary/aromatic N) is 2. The van der Waals surface area contributed by atoms with Gasteiger partial charge in [-0.25, -0.2) is 4.98 Å². The van der Waals surface area contributed by atoms with E-state index in [0.29, 0.717) is 11.3 Å². The van der Waals surface area contributed by atoms with Gasteiger partial charge in [-0.05, 0) is 43.2 Å². The molecule has 0 bridgehead atoms. The molecule has 1 fully saturated rings. The molecule has 1 aromatic heterocycles. The quantitative estimate of drug-likeness (QED) is 0.748. The molecule has 18 heavy (non-hydrogen) atoms. The maximum Gasteiger partial charge on any atom is 0.128 e. The monoisotopic (exact) mass is 266 g/mol. The van der Waals surface area contributed by atoms with Crippen molar-refractivity contribution in [1.82, 2.24) is 4.98 Å². The highest BCUT2D eigenvalue weighted by molar-refractivity contribution is 6.17. The lowest BCUT2D eigenvalue weighted by Crippen LogP contribution is -2.26. The second kappa shape index (κ2) is 5.48. The van der Waals surface area contributed by atoms with Gasteiger partial charge in [0, 0.05) is 24.7 Å². The Balaban J connectivity index is 2.14. The molecule has 0 spiro atoms. The van der Waals surface area contributed by atoms with Crippen molar-refractivity contribution in [2.45, 2.75) is 45.9 Å². The van der Waals surface area contributed by atoms with Crippen LogP contribution in [0.4, 0.5) is 5.82 Å². The Kier molecular flexibility index (Phi) is 4.16. The zero-order valence-corrected chi connectivity index (χ0v) is 12.4. The summed E-state index contributed by atoms with van der Waals surface area (Å²) in [5.74, 6) is 1.66. The van der Waals surface area contributed by atoms with E-state index in [1.54, 1.807) is 0 Å². The van der Waals surface area contributed by atoms with Gasteiger partial charge in [0.05, 0.1) is 0 Å². The summed E-state index contributed by atoms with van der Waals surface area (Å²) >= 11 is 5.88. The number of alkyl halides is 1. The van der Waals surface area contributed by atoms with Crippen LogP contribution in [0.15, 0.2) is 12.1 Å². The van der Waals surface area contributed by atoms with Crippen molar-refractivity contribution < 1.29 is 0 Å². The molecular formula is C15H23ClN2. The first kappa shape index (κ1) is 13.7. The van der Waals surface area contributed by atoms with Gasteiger partial charge in [-0.3, -0.25) is 0 Å². The second-order valence-electron chi connectivity index (χ2n) is 6.05. The number of hydrogen-bond acceptors (Lipinski definition) is 2. The Morgan fingerprint density at radius 3 is 2.72 bits per heavy atom. The molecule has 0 atom stereocenters. The van der Waals surface area contributed by atoms with Crippen molar-refractivity contribution in [3.05, 3.63) is 23.4 Å². The van der Waals surface area contributed by atoms with Crippen LogP contribution in [0.5, 0.6) is 0 Å². The molecule has 100 valence electrons. The lowest BCUT2D eigenvalue weighted by atomic mass is 9.85. The molecule has 0 saturated carbocycles. The third kappa shape index (κ3) is 3.17. The summed E-state index contributed by atoms with van der Waals surface area (Å²) in [5, 5.41) is 0. The van der Waals surface area contributed by atoms with E-state index < -0.39 is 0 Å². The van der Waals surface area contributed by atoms with E-state index in [0.717, 1.165) is 30.2 Å². The van der Waals surface area contributed by atoms with Crippen molar-refractivity contribution >= 4 is 17.4 Å². The normalized spacial score (nSPS) is 19.7. The third-order valence-electron chi connectivity index (χ3n) is 3.99. The van der Waals surface area contributed by atoms with Gasteiger partial charge in [0.15, 0.2) is 0 Å². The van der Waals surface area contributed by atoms with Crippen molar-refractivity contribution in [2.75, 3.05) is 18.0 Å². The average molecular weight is 267 g/mol. The van der Waals surface area contributed by atoms with Crippen LogP contribution >= 0.6 is 11.6 Å². The van der Waals surface area contributed by atoms with Gasteiger partial charge in [-0.15, -0.1) is 11.6 Å². The number of anilines is 1. The van der Waals surface area contributed by atoms with Crippen LogP contribution in [0, 0.1) is 12.3 Å². The van der Waals surface area contributed by atoms with Crippen LogP contribution < -0.4 is 4.90 Å². The number of halogens is 1. The third-order valence-corrected chi connectivity index (χ3v) is 4.28. The highest BCUT2D eigenvalue weighted by Gasteiger charge is 2.23. The molecule has 0 N–H and O–H groups in total. The SMILES string of the molecule is Cc1nc(N2CCCC(C)(C)CC2)ccc1CCl. The van der Waals surface area contributed by atoms with Crippen molar-refractivity contribution in [2.24, 2.45) is 5.41 Å². The van der Waals surface area contributed by atoms with Crippen LogP contribution in [-0.4, -0.2) is 18.1 Å². The zero-order chi connectivity index (χ0) is 13.2. The molecule has 0 radical (unpaired) electrons. The molecule has 2 heterocycles. The van der Waals surface area contributed by atoms with E-state index in [1.165, 1.54) is 19.3 Å². The first-order valence-electron chi connectivity index (χ1n) is 6.79. The van der Waals surface area contributed by atoms with Gasteiger partial charge in [-0.2, -0.15) is 0 Å². The minimum Gasteiger partial charge on any atom is -0.357 e. The molecule has 0 aromatic carbocycles. The Morgan fingerprint density at radius 2 is 2.06 bits per heavy atom. The highest BCUT2D eigenvalue weighted by atomic mass is 35.5. The predicted octanol–water partition coefficient (Wildman–Crippen LogP) is 4.15. The van der Waals surface area contributed by atoms with E-state index in [-0.39, 0.29) is 0 Å². The fraction of sp³-hybridized carbons (Fsp3) is 0.667. The highest BCUT2D eigenvalue weighted by Crippen LogP contribution is 2.31. The Hall–Kier alpha value is -0.760. The van der Waals surface area contributed by atoms with Crippen LogP contribution in [0.3, 0.4) is 0 Å². The summed E-state index contributed by atoms with van der Waals surface area (Å²) < 4.78 is 0. The molecule has 1 aromatic rings. The summed E-state index contributed by atoms with van der Waals surface area (Å²) in [4.78, 5) is 7.11. The summed E-state index contributed by atoms with van der Waals surface area (Å²) in [6.07, 6.45) is 3.80. The van der Waals surface area contributed by atoms with Gasteiger partial charge in [0.2, 0.25) is 0 Å². The fourth-order valence-electron chi connectivity index (χ4n) is 2.55. The zero-order valence-electron chi connectivity index (χ0n) is 11.7. The van der Waals surface area contributed by atoms with Gasteiger partial charge in [0.1, 0.15) is 5.82 Å². The number of hydrogen-bond donors (Lipinski definition) is 0. The average Bonchev–Trinajstić information content (AvgIpc) is 2.50. The molecule has 3 heteroatoms. The van der Waals surface area contributed by atoms with Crippen LogP contribution in [0.25, 0.3) is 0 Å². The number of rotatable bonds is 2. The Labute approximate surface area is 115 Å². The minimum atomic E-state index is 0.472. The van der Waals surface area contributed by atoms with E-state index in [9.17, 15) is 0 Å². The van der Waals surface area contributed by atoms with Gasteiger partial charge < -0.3 is 4.90 Å². The Morgan fingerprint density at radius 1 is 1.28 bits per heavy atom. The molecular weight excluding hydrogens is 244 g/mol. The molecule has 0 amide bonds. The summed E-state index contributed by atoms with van der Waals surface area (Å²) in [6, 6.07) is 4.23. The summed E-state index contributed by atoms with van der Waals surface area (Å²) in [5.41, 5.74) is 2.67. The molecule has 0 aliphatic carbocycles. The Bertz CT molecular complexity index is 415. The second-order valence-corrected chi connectivity index (χ2v) is 6.32. The minimum absolute atomic E-state index is 0.472. The molecule has 2 rings (SSSR count). The smallest absolute Gasteiger partial charge is 0.128 e. The van der Waals surface area contributed by atoms with Gasteiger partial charge >= 0.3 is 0 Å². The summed E-state index contributed by atoms with van der Waals surface area (Å²) in [6.45, 7) is 9.01. The number of aromatic nitrogens is 1. The lowest BCUT2D eigenvalue weighted by molar-refractivity contribution is 0.325. The lowest BCUT2D eigenvalue weighted by Gasteiger charge is -2.24. The molecule has 1 aliphatic rings. The van der Waals surface area contributed by atoms with E-state index in [2.05, 4.69) is 30.9 Å². The van der Waals surface area contributed by atoms with E-state index >= 15 is 0 Å². The van der Waals surface area contributed by atoms with Gasteiger partial charge in [-0.1, -0.05) is 19.9 Å². The largest absolute Gasteiger partial charge is 0.357 e. The number of pyridine rings is 1. The van der Waals surface area contributed by atoms with Crippen molar-refractivity contribution in [1.29, 1.82) is 0 Å². The first-order chi connectivity index (χ1) is 8.52. The van der Waals surface area contributed by atoms with Crippen molar-refractivity contribution in [3.63, 3.8) is 0 Å². The molecule has 0 unspecified atom stereocenters. The standard InChI is InChI=1S/C15H23ClN2/c1-12-13(11-16)5-6-14(17-12)18-9-4-7-15(2,3)8-10-18/h5-6H,4,7-11H2,1-3H3. The van der Waals surface area contributed by atoms with Crippen LogP contribution in [0.2, 0.25) is 0 Å². The van der Waals surface area contributed by atoms with E-state index in [4.69, 9.17) is 16.6 Å². The van der Waals surface area contributed by atoms with Gasteiger partial charge in [0.25, 0.3) is 0 Å². The maximum absolute atomic E-state index is 5.88. The maximum atomic E-state index is 5.88. The van der Waals surface area contributed by atoms with E-state index in [1.807, 2.05) is 6.92 Å². The topological polar surface area (TPSA) is 16.1 Å². The molecule has 1 saturated heterocycles. The summed E-state index contributed by atoms with van der Waals surface area (Å²) in [7, 11) is 0. The van der Waals surface area contributed by atoms with Crippen LogP contribution in [-0.2, 0) is 5.88 Å². The molecule has 2 nitrogen and oxygen atoms in total.